The highest BCUT2D eigenvalue weighted by molar-refractivity contribution is 7.80. The van der Waals surface area contributed by atoms with E-state index in [1.165, 1.54) is 5.56 Å². The topological polar surface area (TPSA) is 42.5 Å². The number of thiocarbonyl (C=S) groups is 1. The molecule has 4 nitrogen and oxygen atoms in total. The van der Waals surface area contributed by atoms with Gasteiger partial charge in [-0.15, -0.1) is 0 Å². The van der Waals surface area contributed by atoms with Crippen molar-refractivity contribution in [2.24, 2.45) is 0 Å². The van der Waals surface area contributed by atoms with Crippen LogP contribution in [0, 0.1) is 0 Å². The van der Waals surface area contributed by atoms with Gasteiger partial charge in [0.25, 0.3) is 0 Å². The van der Waals surface area contributed by atoms with Crippen LogP contribution in [0.25, 0.3) is 0 Å². The Hall–Kier alpha value is -2.27. The summed E-state index contributed by atoms with van der Waals surface area (Å²) in [7, 11) is 3.21. The molecule has 22 heavy (non-hydrogen) atoms. The van der Waals surface area contributed by atoms with Gasteiger partial charge in [0.05, 0.1) is 14.2 Å². The van der Waals surface area contributed by atoms with Gasteiger partial charge in [-0.2, -0.15) is 0 Å². The Balaban J connectivity index is 2.05. The minimum atomic E-state index is 0.528. The van der Waals surface area contributed by atoms with Crippen molar-refractivity contribution < 1.29 is 9.47 Å². The number of benzene rings is 2. The summed E-state index contributed by atoms with van der Waals surface area (Å²) in [4.78, 5) is 0. The van der Waals surface area contributed by atoms with Gasteiger partial charge >= 0.3 is 0 Å². The number of rotatable bonds is 5. The van der Waals surface area contributed by atoms with Crippen molar-refractivity contribution in [2.75, 3.05) is 24.9 Å². The van der Waals surface area contributed by atoms with E-state index in [9.17, 15) is 0 Å². The average molecular weight is 316 g/mol. The number of methoxy groups -OCH3 is 2. The minimum absolute atomic E-state index is 0.528. The Morgan fingerprint density at radius 1 is 0.955 bits per heavy atom. The molecule has 0 saturated heterocycles. The van der Waals surface area contributed by atoms with E-state index >= 15 is 0 Å². The number of nitrogens with one attached hydrogen (secondary N) is 2. The second kappa shape index (κ2) is 7.66. The fourth-order valence-corrected chi connectivity index (χ4v) is 2.31. The van der Waals surface area contributed by atoms with Crippen LogP contribution in [0.1, 0.15) is 12.5 Å². The summed E-state index contributed by atoms with van der Waals surface area (Å²) in [5.41, 5.74) is 3.07. The van der Waals surface area contributed by atoms with Crippen LogP contribution < -0.4 is 20.1 Å². The maximum Gasteiger partial charge on any atom is 0.175 e. The number of aryl methyl sites for hydroxylation is 1. The minimum Gasteiger partial charge on any atom is -0.493 e. The first-order valence-electron chi connectivity index (χ1n) is 7.05. The average Bonchev–Trinajstić information content (AvgIpc) is 2.54. The summed E-state index contributed by atoms with van der Waals surface area (Å²) < 4.78 is 10.5. The van der Waals surface area contributed by atoms with Gasteiger partial charge in [0.1, 0.15) is 0 Å². The first-order chi connectivity index (χ1) is 10.7. The SMILES string of the molecule is CCc1cccc(NC(=S)Nc2ccc(OC)c(OC)c2)c1. The summed E-state index contributed by atoms with van der Waals surface area (Å²) in [6, 6.07) is 13.7. The van der Waals surface area contributed by atoms with E-state index in [2.05, 4.69) is 29.7 Å². The maximum atomic E-state index is 5.34. The van der Waals surface area contributed by atoms with Gasteiger partial charge in [-0.05, 0) is 48.5 Å². The van der Waals surface area contributed by atoms with Gasteiger partial charge in [0, 0.05) is 17.4 Å². The van der Waals surface area contributed by atoms with Crippen LogP contribution in [-0.2, 0) is 6.42 Å². The van der Waals surface area contributed by atoms with Crippen LogP contribution in [-0.4, -0.2) is 19.3 Å². The molecule has 0 aliphatic rings. The molecule has 0 bridgehead atoms. The van der Waals surface area contributed by atoms with Crippen molar-refractivity contribution >= 4 is 28.7 Å². The zero-order chi connectivity index (χ0) is 15.9. The zero-order valence-electron chi connectivity index (χ0n) is 13.0. The van der Waals surface area contributed by atoms with Crippen LogP contribution in [0.4, 0.5) is 11.4 Å². The smallest absolute Gasteiger partial charge is 0.175 e. The molecule has 116 valence electrons. The quantitative estimate of drug-likeness (QED) is 0.814. The Labute approximate surface area is 136 Å². The van der Waals surface area contributed by atoms with E-state index in [0.717, 1.165) is 17.8 Å². The van der Waals surface area contributed by atoms with E-state index in [1.54, 1.807) is 14.2 Å². The van der Waals surface area contributed by atoms with Crippen LogP contribution >= 0.6 is 12.2 Å². The Morgan fingerprint density at radius 2 is 1.64 bits per heavy atom. The molecular weight excluding hydrogens is 296 g/mol. The predicted molar refractivity (Wildman–Crippen MR) is 95.2 cm³/mol. The predicted octanol–water partition coefficient (Wildman–Crippen LogP) is 4.08. The monoisotopic (exact) mass is 316 g/mol. The molecule has 5 heteroatoms. The Morgan fingerprint density at radius 3 is 2.27 bits per heavy atom. The molecule has 0 aliphatic carbocycles. The van der Waals surface area contributed by atoms with E-state index in [0.29, 0.717) is 16.6 Å². The van der Waals surface area contributed by atoms with Gasteiger partial charge in [-0.3, -0.25) is 0 Å². The molecule has 2 aromatic rings. The zero-order valence-corrected chi connectivity index (χ0v) is 13.8. The van der Waals surface area contributed by atoms with Crippen molar-refractivity contribution in [2.45, 2.75) is 13.3 Å². The first kappa shape index (κ1) is 16.1. The fraction of sp³-hybridized carbons (Fsp3) is 0.235. The van der Waals surface area contributed by atoms with Gasteiger partial charge in [0.15, 0.2) is 16.6 Å². The highest BCUT2D eigenvalue weighted by Crippen LogP contribution is 2.29. The second-order valence-corrected chi connectivity index (χ2v) is 5.11. The maximum absolute atomic E-state index is 5.34. The molecule has 2 rings (SSSR count). The van der Waals surface area contributed by atoms with Crippen LogP contribution in [0.2, 0.25) is 0 Å². The lowest BCUT2D eigenvalue weighted by Gasteiger charge is -2.13. The number of hydrogen-bond donors (Lipinski definition) is 2. The summed E-state index contributed by atoms with van der Waals surface area (Å²) >= 11 is 5.34. The van der Waals surface area contributed by atoms with Crippen LogP contribution in [0.3, 0.4) is 0 Å². The Bertz CT molecular complexity index is 659. The molecule has 0 amide bonds. The summed E-state index contributed by atoms with van der Waals surface area (Å²) in [5, 5.41) is 6.85. The van der Waals surface area contributed by atoms with Crippen molar-refractivity contribution in [3.05, 3.63) is 48.0 Å². The molecule has 0 unspecified atom stereocenters. The number of ether oxygens (including phenoxy) is 2. The number of anilines is 2. The summed E-state index contributed by atoms with van der Waals surface area (Å²) in [6.45, 7) is 2.12. The summed E-state index contributed by atoms with van der Waals surface area (Å²) in [6.07, 6.45) is 0.991. The van der Waals surface area contributed by atoms with Crippen molar-refractivity contribution in [1.82, 2.24) is 0 Å². The standard InChI is InChI=1S/C17H20N2O2S/c1-4-12-6-5-7-13(10-12)18-17(22)19-14-8-9-15(20-2)16(11-14)21-3/h5-11H,4H2,1-3H3,(H2,18,19,22). The highest BCUT2D eigenvalue weighted by atomic mass is 32.1. The normalized spacial score (nSPS) is 9.95. The van der Waals surface area contributed by atoms with Gasteiger partial charge in [-0.1, -0.05) is 19.1 Å². The third-order valence-corrected chi connectivity index (χ3v) is 3.44. The van der Waals surface area contributed by atoms with E-state index in [1.807, 2.05) is 30.3 Å². The fourth-order valence-electron chi connectivity index (χ4n) is 2.08. The van der Waals surface area contributed by atoms with E-state index in [-0.39, 0.29) is 0 Å². The van der Waals surface area contributed by atoms with Crippen molar-refractivity contribution in [3.8, 4) is 11.5 Å². The molecule has 2 N–H and O–H groups in total. The second-order valence-electron chi connectivity index (χ2n) is 4.70. The van der Waals surface area contributed by atoms with Gasteiger partial charge < -0.3 is 20.1 Å². The highest BCUT2D eigenvalue weighted by Gasteiger charge is 2.06. The van der Waals surface area contributed by atoms with Crippen molar-refractivity contribution in [1.29, 1.82) is 0 Å². The third kappa shape index (κ3) is 4.11. The Kier molecular flexibility index (Phi) is 5.61. The lowest BCUT2D eigenvalue weighted by molar-refractivity contribution is 0.355. The molecule has 0 heterocycles. The molecule has 0 spiro atoms. The molecule has 0 saturated carbocycles. The van der Waals surface area contributed by atoms with Gasteiger partial charge in [-0.25, -0.2) is 0 Å². The molecular formula is C17H20N2O2S. The molecule has 0 aliphatic heterocycles. The largest absolute Gasteiger partial charge is 0.493 e. The molecule has 0 fully saturated rings. The number of hydrogen-bond acceptors (Lipinski definition) is 3. The summed E-state index contributed by atoms with van der Waals surface area (Å²) in [5.74, 6) is 1.34. The van der Waals surface area contributed by atoms with E-state index in [4.69, 9.17) is 21.7 Å². The van der Waals surface area contributed by atoms with Crippen LogP contribution in [0.5, 0.6) is 11.5 Å². The molecule has 2 aromatic carbocycles. The van der Waals surface area contributed by atoms with Crippen LogP contribution in [0.15, 0.2) is 42.5 Å². The lowest BCUT2D eigenvalue weighted by atomic mass is 10.1. The van der Waals surface area contributed by atoms with E-state index < -0.39 is 0 Å². The first-order valence-corrected chi connectivity index (χ1v) is 7.46. The van der Waals surface area contributed by atoms with Gasteiger partial charge in [0.2, 0.25) is 0 Å². The molecule has 0 radical (unpaired) electrons. The molecule has 0 aromatic heterocycles. The van der Waals surface area contributed by atoms with Crippen molar-refractivity contribution in [3.63, 3.8) is 0 Å². The lowest BCUT2D eigenvalue weighted by Crippen LogP contribution is -2.19. The third-order valence-electron chi connectivity index (χ3n) is 3.23. The molecule has 0 atom stereocenters.